The Hall–Kier alpha value is -5.69. The molecule has 2 bridgehead atoms. The number of allylic oxidation sites excluding steroid dienone is 6. The molecule has 3 unspecified atom stereocenters. The number of unbranched alkanes of at least 4 members (excludes halogenated alkanes) is 2. The molecule has 1 saturated heterocycles. The van der Waals surface area contributed by atoms with Crippen LogP contribution in [0.15, 0.2) is 74.8 Å². The van der Waals surface area contributed by atoms with Gasteiger partial charge in [-0.25, -0.2) is 17.8 Å². The SMILES string of the molecule is COCCC1(C)C2=Nc3c1cc(Br)c[n+]3CCOCCC(=O)NC(C(=O)NCCCCCC(=O)ON1C(=O)CCC1=O)CCCCNC(=O)CCOCCN1/C(=C/C=C/C=C/2)C(C)(CCOC)c2cc(S(=O)(=O)[O-])cc(C)c21. The zero-order chi connectivity index (χ0) is 56.5. The Bertz CT molecular complexity index is 2750. The van der Waals surface area contributed by atoms with E-state index in [1.165, 1.54) is 12.1 Å². The average molecular weight is 1170 g/mol. The predicted octanol–water partition coefficient (Wildman–Crippen LogP) is 5.02. The number of benzene rings is 1. The number of aromatic nitrogens is 1. The van der Waals surface area contributed by atoms with Crippen LogP contribution < -0.4 is 25.4 Å². The lowest BCUT2D eigenvalue weighted by Gasteiger charge is -2.30. The number of nitrogens with one attached hydrogen (secondary N) is 3. The summed E-state index contributed by atoms with van der Waals surface area (Å²) in [4.78, 5) is 87.3. The molecule has 0 spiro atoms. The fraction of sp³-hybridized carbons (Fsp3) is 0.564. The lowest BCUT2D eigenvalue weighted by atomic mass is 9.77. The van der Waals surface area contributed by atoms with Crippen molar-refractivity contribution >= 4 is 78.8 Å². The van der Waals surface area contributed by atoms with Crippen molar-refractivity contribution in [1.29, 1.82) is 0 Å². The fourth-order valence-corrected chi connectivity index (χ4v) is 11.1. The number of halogens is 1. The number of carbonyl (C=O) groups is 6. The van der Waals surface area contributed by atoms with Crippen molar-refractivity contribution in [2.24, 2.45) is 4.99 Å². The molecule has 0 saturated carbocycles. The van der Waals surface area contributed by atoms with E-state index in [0.717, 1.165) is 33.0 Å². The maximum Gasteiger partial charge on any atom is 0.333 e. The van der Waals surface area contributed by atoms with Crippen molar-refractivity contribution in [3.8, 4) is 0 Å². The number of rotatable bonds is 15. The van der Waals surface area contributed by atoms with Gasteiger partial charge >= 0.3 is 11.8 Å². The fourth-order valence-electron chi connectivity index (χ4n) is 10.0. The summed E-state index contributed by atoms with van der Waals surface area (Å²) in [5, 5.41) is 9.17. The topological polar surface area (TPSA) is 265 Å². The van der Waals surface area contributed by atoms with Crippen LogP contribution in [0.2, 0.25) is 0 Å². The number of hydrogen-bond acceptors (Lipinski definition) is 16. The number of amides is 5. The second kappa shape index (κ2) is 29.0. The van der Waals surface area contributed by atoms with E-state index in [2.05, 4.69) is 49.8 Å². The molecule has 78 heavy (non-hydrogen) atoms. The molecule has 0 aliphatic carbocycles. The number of pyridine rings is 1. The number of imide groups is 1. The largest absolute Gasteiger partial charge is 0.744 e. The Morgan fingerprint density at radius 2 is 1.59 bits per heavy atom. The van der Waals surface area contributed by atoms with Crippen molar-refractivity contribution in [3.63, 3.8) is 0 Å². The number of aryl methyl sites for hydroxylation is 1. The van der Waals surface area contributed by atoms with E-state index in [1.807, 2.05) is 48.1 Å². The molecule has 1 aromatic heterocycles. The molecule has 2 aromatic rings. The van der Waals surface area contributed by atoms with Crippen molar-refractivity contribution in [2.45, 2.75) is 133 Å². The number of aliphatic imine (C=N–C) groups is 1. The van der Waals surface area contributed by atoms with Gasteiger partial charge in [0.25, 0.3) is 11.8 Å². The van der Waals surface area contributed by atoms with Gasteiger partial charge in [-0.05, 0) is 128 Å². The standard InChI is InChI=1S/C55H74BrN7O14S/c1-38-34-40(78(70,71)72)36-41-51(38)62-27-33-76-28-20-46(64)57-24-13-11-14-43(53(69)58-25-12-7-10-17-50(68)77-63-48(66)18-19-49(63)67)59-47(65)21-29-75-32-26-61-37-39(56)35-42-52(61)60-44(54(42,2)22-30-73-4)15-8-6-9-16-45(62)55(41,3)23-31-74-5/h6,8-9,15-16,34-37,43H,7,10-14,17-33H2,1-5H3,(H3-,57,58,59,64,65,69,70,71,72). The first-order chi connectivity index (χ1) is 37.3. The quantitative estimate of drug-likeness (QED) is 0.0915. The molecule has 5 heterocycles. The van der Waals surface area contributed by atoms with Crippen molar-refractivity contribution in [3.05, 3.63) is 81.6 Å². The molecule has 1 aromatic carbocycles. The number of nitrogens with zero attached hydrogens (tertiary/aromatic N) is 4. The third kappa shape index (κ3) is 16.2. The van der Waals surface area contributed by atoms with Crippen LogP contribution >= 0.6 is 15.9 Å². The maximum atomic E-state index is 13.5. The molecule has 3 N–H and O–H groups in total. The average Bonchev–Trinajstić information content (AvgIpc) is 4.20. The Kier molecular flexibility index (Phi) is 22.9. The summed E-state index contributed by atoms with van der Waals surface area (Å²) in [5.41, 5.74) is 3.41. The molecule has 5 amide bonds. The third-order valence-corrected chi connectivity index (χ3v) is 15.7. The Morgan fingerprint density at radius 1 is 0.885 bits per heavy atom. The molecule has 23 heteroatoms. The van der Waals surface area contributed by atoms with Crippen LogP contribution in [0.5, 0.6) is 0 Å². The molecular formula is C55H74BrN7O14S. The molecule has 1 fully saturated rings. The van der Waals surface area contributed by atoms with E-state index in [1.54, 1.807) is 21.1 Å². The molecule has 6 rings (SSSR count). The van der Waals surface area contributed by atoms with Crippen molar-refractivity contribution in [2.75, 3.05) is 78.4 Å². The Balaban J connectivity index is 1.18. The number of hydrogen-bond donors (Lipinski definition) is 3. The van der Waals surface area contributed by atoms with Gasteiger partial charge in [0.2, 0.25) is 17.7 Å². The van der Waals surface area contributed by atoms with Gasteiger partial charge in [-0.15, -0.1) is 5.06 Å². The van der Waals surface area contributed by atoms with Crippen LogP contribution in [0.3, 0.4) is 0 Å². The van der Waals surface area contributed by atoms with Crippen LogP contribution in [0.4, 0.5) is 11.5 Å². The highest BCUT2D eigenvalue weighted by Gasteiger charge is 2.47. The molecule has 4 aliphatic rings. The number of methoxy groups -OCH3 is 2. The van der Waals surface area contributed by atoms with E-state index in [-0.39, 0.29) is 87.7 Å². The summed E-state index contributed by atoms with van der Waals surface area (Å²) in [6.45, 7) is 8.82. The number of ether oxygens (including phenoxy) is 4. The Morgan fingerprint density at radius 3 is 2.31 bits per heavy atom. The molecule has 4 aliphatic heterocycles. The minimum absolute atomic E-state index is 0.00393. The number of carbonyl (C=O) groups excluding carboxylic acids is 6. The summed E-state index contributed by atoms with van der Waals surface area (Å²) in [6.07, 6.45) is 15.7. The third-order valence-electron chi connectivity index (χ3n) is 14.4. The minimum atomic E-state index is -4.78. The zero-order valence-electron chi connectivity index (χ0n) is 45.3. The van der Waals surface area contributed by atoms with E-state index in [0.29, 0.717) is 100 Å². The monoisotopic (exact) mass is 1170 g/mol. The summed E-state index contributed by atoms with van der Waals surface area (Å²) in [6, 6.07) is 4.07. The first-order valence-corrected chi connectivity index (χ1v) is 28.8. The van der Waals surface area contributed by atoms with Crippen LogP contribution in [0.1, 0.15) is 114 Å². The number of fused-ring (bicyclic) bond motifs is 3. The van der Waals surface area contributed by atoms with Gasteiger partial charge < -0.3 is 49.2 Å². The van der Waals surface area contributed by atoms with Gasteiger partial charge in [0.1, 0.15) is 28.9 Å². The van der Waals surface area contributed by atoms with E-state index < -0.39 is 44.8 Å². The highest BCUT2D eigenvalue weighted by molar-refractivity contribution is 9.10. The number of hydroxylamine groups is 2. The maximum absolute atomic E-state index is 13.5. The van der Waals surface area contributed by atoms with Crippen LogP contribution in [-0.2, 0) is 80.0 Å². The van der Waals surface area contributed by atoms with Gasteiger partial charge in [-0.2, -0.15) is 0 Å². The van der Waals surface area contributed by atoms with E-state index in [9.17, 15) is 41.7 Å². The van der Waals surface area contributed by atoms with Crippen LogP contribution in [0, 0.1) is 6.92 Å². The summed E-state index contributed by atoms with van der Waals surface area (Å²) >= 11 is 3.71. The predicted molar refractivity (Wildman–Crippen MR) is 290 cm³/mol. The van der Waals surface area contributed by atoms with Crippen LogP contribution in [-0.4, -0.2) is 139 Å². The first kappa shape index (κ1) is 61.5. The van der Waals surface area contributed by atoms with Gasteiger partial charge in [0.05, 0.1) is 46.8 Å². The van der Waals surface area contributed by atoms with Gasteiger partial charge in [-0.1, -0.05) is 24.6 Å². The Labute approximate surface area is 465 Å². The molecule has 3 atom stereocenters. The molecular weight excluding hydrogens is 1090 g/mol. The normalized spacial score (nSPS) is 23.8. The molecule has 426 valence electrons. The van der Waals surface area contributed by atoms with Gasteiger partial charge in [-0.3, -0.25) is 24.0 Å². The highest BCUT2D eigenvalue weighted by atomic mass is 79.9. The minimum Gasteiger partial charge on any atom is -0.744 e. The summed E-state index contributed by atoms with van der Waals surface area (Å²) in [5.74, 6) is -1.98. The van der Waals surface area contributed by atoms with E-state index in [4.69, 9.17) is 28.8 Å². The smallest absolute Gasteiger partial charge is 0.333 e. The molecule has 21 nitrogen and oxygen atoms in total. The summed E-state index contributed by atoms with van der Waals surface area (Å²) in [7, 11) is -1.52. The highest BCUT2D eigenvalue weighted by Crippen LogP contribution is 2.52. The molecule has 0 radical (unpaired) electrons. The van der Waals surface area contributed by atoms with Crippen molar-refractivity contribution in [1.82, 2.24) is 21.0 Å². The lowest BCUT2D eigenvalue weighted by molar-refractivity contribution is -0.686. The van der Waals surface area contributed by atoms with E-state index >= 15 is 0 Å². The summed E-state index contributed by atoms with van der Waals surface area (Å²) < 4.78 is 63.3. The second-order valence-electron chi connectivity index (χ2n) is 20.1. The second-order valence-corrected chi connectivity index (χ2v) is 22.4. The lowest BCUT2D eigenvalue weighted by Crippen LogP contribution is -2.47. The van der Waals surface area contributed by atoms with Crippen LogP contribution in [0.25, 0.3) is 0 Å². The van der Waals surface area contributed by atoms with Gasteiger partial charge in [0, 0.05) is 96.0 Å². The van der Waals surface area contributed by atoms with Crippen molar-refractivity contribution < 1.29 is 70.1 Å². The zero-order valence-corrected chi connectivity index (χ0v) is 47.7. The van der Waals surface area contributed by atoms with Gasteiger partial charge in [0.15, 0.2) is 5.71 Å². The number of anilines is 1. The first-order valence-electron chi connectivity index (χ1n) is 26.6.